The van der Waals surface area contributed by atoms with Crippen molar-refractivity contribution in [3.63, 3.8) is 0 Å². The van der Waals surface area contributed by atoms with Gasteiger partial charge in [0, 0.05) is 66.9 Å². The van der Waals surface area contributed by atoms with Crippen molar-refractivity contribution in [1.82, 2.24) is 10.2 Å². The molecular weight excluding hydrogens is 539 g/mol. The maximum Gasteiger partial charge on any atom is 0.189 e. The molecule has 2 unspecified atom stereocenters. The van der Waals surface area contributed by atoms with Crippen LogP contribution in [0.25, 0.3) is 11.1 Å². The molecule has 0 saturated carbocycles. The van der Waals surface area contributed by atoms with Crippen molar-refractivity contribution in [2.75, 3.05) is 32.3 Å². The number of hydrogen-bond donors (Lipinski definition) is 2. The lowest BCUT2D eigenvalue weighted by molar-refractivity contribution is 0.0224. The molecule has 1 heterocycles. The van der Waals surface area contributed by atoms with Gasteiger partial charge in [-0.3, -0.25) is 5.10 Å². The third kappa shape index (κ3) is 12.3. The molecule has 0 spiro atoms. The zero-order chi connectivity index (χ0) is 29.4. The Balaban J connectivity index is 2.37. The van der Waals surface area contributed by atoms with Gasteiger partial charge < -0.3 is 24.7 Å². The molecule has 0 aliphatic carbocycles. The number of benzene rings is 1. The van der Waals surface area contributed by atoms with Crippen LogP contribution < -0.4 is 10.5 Å². The van der Waals surface area contributed by atoms with Crippen LogP contribution in [0.1, 0.15) is 37.4 Å². The Hall–Kier alpha value is -1.44. The van der Waals surface area contributed by atoms with Crippen LogP contribution in [0.4, 0.5) is 5.69 Å². The van der Waals surface area contributed by atoms with E-state index in [0.717, 1.165) is 53.9 Å². The Labute approximate surface area is 240 Å². The van der Waals surface area contributed by atoms with Crippen LogP contribution in [0, 0.1) is 0 Å². The van der Waals surface area contributed by atoms with Crippen molar-refractivity contribution < 1.29 is 18.9 Å². The molecule has 2 rings (SSSR count). The molecule has 7 nitrogen and oxygen atoms in total. The van der Waals surface area contributed by atoms with Crippen LogP contribution in [-0.2, 0) is 14.2 Å². The maximum absolute atomic E-state index is 6.34. The second-order valence-corrected chi connectivity index (χ2v) is 31.1. The second-order valence-electron chi connectivity index (χ2n) is 14.3. The van der Waals surface area contributed by atoms with Crippen LogP contribution in [0.5, 0.6) is 5.75 Å². The Morgan fingerprint density at radius 2 is 1.33 bits per heavy atom. The molecule has 1 aromatic carbocycles. The third-order valence-corrected chi connectivity index (χ3v) is 11.7. The van der Waals surface area contributed by atoms with E-state index in [1.807, 2.05) is 18.2 Å². The second kappa shape index (κ2) is 14.5. The summed E-state index contributed by atoms with van der Waals surface area (Å²) < 4.78 is 24.7. The van der Waals surface area contributed by atoms with Gasteiger partial charge >= 0.3 is 0 Å². The van der Waals surface area contributed by atoms with E-state index in [1.165, 1.54) is 0 Å². The predicted molar refractivity (Wildman–Crippen MR) is 173 cm³/mol. The predicted octanol–water partition coefficient (Wildman–Crippen LogP) is 8.18. The lowest BCUT2D eigenvalue weighted by atomic mass is 9.97. The van der Waals surface area contributed by atoms with Crippen molar-refractivity contribution >= 4 is 29.9 Å². The van der Waals surface area contributed by atoms with Crippen LogP contribution in [0.2, 0.25) is 77.1 Å². The highest BCUT2D eigenvalue weighted by Gasteiger charge is 2.27. The van der Waals surface area contributed by atoms with Crippen molar-refractivity contribution in [3.05, 3.63) is 29.6 Å². The zero-order valence-electron chi connectivity index (χ0n) is 26.5. The Bertz CT molecular complexity index is 983. The molecule has 0 saturated heterocycles. The Kier molecular flexibility index (Phi) is 12.5. The molecule has 1 aromatic heterocycles. The van der Waals surface area contributed by atoms with E-state index in [0.29, 0.717) is 18.0 Å². The highest BCUT2D eigenvalue weighted by atomic mass is 28.3. The van der Waals surface area contributed by atoms with Crippen molar-refractivity contribution in [3.8, 4) is 16.9 Å². The van der Waals surface area contributed by atoms with Gasteiger partial charge in [0.05, 0.1) is 23.6 Å². The van der Waals surface area contributed by atoms with E-state index in [4.69, 9.17) is 29.8 Å². The molecule has 39 heavy (non-hydrogen) atoms. The van der Waals surface area contributed by atoms with E-state index >= 15 is 0 Å². The molecule has 0 fully saturated rings. The number of rotatable bonds is 17. The molecule has 3 N–H and O–H groups in total. The molecule has 0 aliphatic rings. The van der Waals surface area contributed by atoms with Crippen LogP contribution in [-0.4, -0.2) is 61.0 Å². The summed E-state index contributed by atoms with van der Waals surface area (Å²) in [6, 6.07) is 9.08. The van der Waals surface area contributed by atoms with Gasteiger partial charge in [0.1, 0.15) is 5.75 Å². The molecule has 0 bridgehead atoms. The van der Waals surface area contributed by atoms with E-state index in [-0.39, 0.29) is 19.0 Å². The number of aromatic amines is 1. The summed E-state index contributed by atoms with van der Waals surface area (Å²) in [4.78, 5) is 0. The molecule has 2 atom stereocenters. The largest absolute Gasteiger partial charge is 0.467 e. The highest BCUT2D eigenvalue weighted by molar-refractivity contribution is 6.76. The lowest BCUT2D eigenvalue weighted by Crippen LogP contribution is -2.22. The third-order valence-electron chi connectivity index (χ3n) is 6.62. The van der Waals surface area contributed by atoms with Gasteiger partial charge in [-0.05, 0) is 44.1 Å². The Morgan fingerprint density at radius 1 is 0.795 bits per heavy atom. The van der Waals surface area contributed by atoms with Crippen molar-refractivity contribution in [2.24, 2.45) is 0 Å². The molecule has 0 amide bonds. The first-order chi connectivity index (χ1) is 18.0. The summed E-state index contributed by atoms with van der Waals surface area (Å²) in [6.45, 7) is 27.7. The fraction of sp³-hybridized carbons (Fsp3) is 0.690. The summed E-state index contributed by atoms with van der Waals surface area (Å²) in [5.41, 5.74) is 10.5. The smallest absolute Gasteiger partial charge is 0.189 e. The van der Waals surface area contributed by atoms with Gasteiger partial charge in [-0.15, -0.1) is 0 Å². The fourth-order valence-corrected chi connectivity index (χ4v) is 6.11. The number of nitrogen functional groups attached to an aromatic ring is 1. The minimum absolute atomic E-state index is 0.162. The first-order valence-electron chi connectivity index (χ1n) is 14.4. The Morgan fingerprint density at radius 3 is 1.90 bits per heavy atom. The summed E-state index contributed by atoms with van der Waals surface area (Å²) in [6.07, 6.45) is -0.348. The quantitative estimate of drug-likeness (QED) is 0.0831. The first kappa shape index (κ1) is 33.8. The topological polar surface area (TPSA) is 91.6 Å². The number of nitrogens with two attached hydrogens (primary N) is 1. The molecule has 10 heteroatoms. The summed E-state index contributed by atoms with van der Waals surface area (Å²) in [5, 5.41) is 8.06. The number of hydrogen-bond acceptors (Lipinski definition) is 6. The highest BCUT2D eigenvalue weighted by Crippen LogP contribution is 2.41. The molecular formula is C29H55N3O4Si3. The summed E-state index contributed by atoms with van der Waals surface area (Å²) in [5.74, 6) is 0.676. The van der Waals surface area contributed by atoms with Crippen LogP contribution >= 0.6 is 0 Å². The summed E-state index contributed by atoms with van der Waals surface area (Å²) in [7, 11) is -3.59. The van der Waals surface area contributed by atoms with Gasteiger partial charge in [-0.1, -0.05) is 58.9 Å². The van der Waals surface area contributed by atoms with Gasteiger partial charge in [0.15, 0.2) is 6.79 Å². The minimum Gasteiger partial charge on any atom is -0.467 e. The lowest BCUT2D eigenvalue weighted by Gasteiger charge is -2.21. The number of aromatic nitrogens is 2. The van der Waals surface area contributed by atoms with Gasteiger partial charge in [0.25, 0.3) is 0 Å². The minimum atomic E-state index is -1.21. The summed E-state index contributed by atoms with van der Waals surface area (Å²) >= 11 is 0. The number of H-pyrrole nitrogens is 1. The average Bonchev–Trinajstić information content (AvgIpc) is 3.21. The van der Waals surface area contributed by atoms with Crippen LogP contribution in [0.3, 0.4) is 0 Å². The average molecular weight is 594 g/mol. The monoisotopic (exact) mass is 593 g/mol. The van der Waals surface area contributed by atoms with Gasteiger partial charge in [0.2, 0.25) is 0 Å². The first-order valence-corrected chi connectivity index (χ1v) is 25.5. The number of anilines is 1. The maximum atomic E-state index is 6.34. The fourth-order valence-electron chi connectivity index (χ4n) is 3.89. The van der Waals surface area contributed by atoms with Crippen molar-refractivity contribution in [2.45, 2.75) is 103 Å². The van der Waals surface area contributed by atoms with E-state index in [9.17, 15) is 0 Å². The van der Waals surface area contributed by atoms with Gasteiger partial charge in [-0.2, -0.15) is 5.10 Å². The normalized spacial score (nSPS) is 14.4. The molecule has 0 radical (unpaired) electrons. The van der Waals surface area contributed by atoms with Crippen LogP contribution in [0.15, 0.2) is 18.2 Å². The molecule has 222 valence electrons. The molecule has 0 aliphatic heterocycles. The van der Waals surface area contributed by atoms with E-state index < -0.39 is 24.2 Å². The SMILES string of the molecule is CC(OCC[Si](C)(C)C)c1n[nH]c(C(C)OCC[Si](C)(C)C)c1-c1ccc(N)cc1OCOCC[Si](C)(C)C. The van der Waals surface area contributed by atoms with Gasteiger partial charge in [-0.25, -0.2) is 0 Å². The van der Waals surface area contributed by atoms with E-state index in [2.05, 4.69) is 77.9 Å². The van der Waals surface area contributed by atoms with E-state index in [1.54, 1.807) is 0 Å². The zero-order valence-corrected chi connectivity index (χ0v) is 29.5. The molecule has 2 aromatic rings. The number of nitrogens with zero attached hydrogens (tertiary/aromatic N) is 1. The van der Waals surface area contributed by atoms with Crippen molar-refractivity contribution in [1.29, 1.82) is 0 Å². The number of ether oxygens (including phenoxy) is 4. The standard InChI is InChI=1S/C29H55N3O4Si3/c1-22(34-15-18-38(6,7)8)28-27(29(32-31-28)23(2)35-16-19-39(9,10)11)25-13-12-24(30)20-26(25)36-21-33-14-17-37(3,4)5/h12-13,20,22-23H,14-19,21,30H2,1-11H3,(H,31,32). The number of nitrogens with one attached hydrogen (secondary N) is 1.